The third-order valence-electron chi connectivity index (χ3n) is 4.59. The van der Waals surface area contributed by atoms with Crippen LogP contribution in [-0.2, 0) is 0 Å². The predicted molar refractivity (Wildman–Crippen MR) is 84.5 cm³/mol. The van der Waals surface area contributed by atoms with E-state index in [1.807, 2.05) is 11.6 Å². The highest BCUT2D eigenvalue weighted by molar-refractivity contribution is 5.85. The van der Waals surface area contributed by atoms with E-state index >= 15 is 0 Å². The Morgan fingerprint density at radius 1 is 1.36 bits per heavy atom. The first-order valence-electron chi connectivity index (χ1n) is 7.69. The van der Waals surface area contributed by atoms with Gasteiger partial charge < -0.3 is 20.3 Å². The molecule has 3 N–H and O–H groups in total. The summed E-state index contributed by atoms with van der Waals surface area (Å²) in [6, 6.07) is 0.698. The lowest BCUT2D eigenvalue weighted by Crippen LogP contribution is -2.22. The molecule has 0 spiro atoms. The Bertz CT molecular complexity index is 735. The number of allylic oxidation sites excluding steroid dienone is 1. The number of nitrogens with zero attached hydrogens (tertiary/aromatic N) is 5. The van der Waals surface area contributed by atoms with E-state index in [-0.39, 0.29) is 24.5 Å². The van der Waals surface area contributed by atoms with E-state index < -0.39 is 0 Å². The van der Waals surface area contributed by atoms with Crippen LogP contribution in [0.15, 0.2) is 18.5 Å². The van der Waals surface area contributed by atoms with Crippen molar-refractivity contribution in [1.82, 2.24) is 19.5 Å². The lowest BCUT2D eigenvalue weighted by Gasteiger charge is -2.18. The van der Waals surface area contributed by atoms with E-state index in [4.69, 9.17) is 5.73 Å². The number of rotatable bonds is 4. The highest BCUT2D eigenvalue weighted by Crippen LogP contribution is 2.35. The van der Waals surface area contributed by atoms with Crippen molar-refractivity contribution in [2.24, 2.45) is 5.92 Å². The fourth-order valence-electron chi connectivity index (χ4n) is 3.14. The van der Waals surface area contributed by atoms with Gasteiger partial charge in [0, 0.05) is 25.6 Å². The van der Waals surface area contributed by atoms with Gasteiger partial charge in [-0.05, 0) is 19.3 Å². The first kappa shape index (κ1) is 13.5. The first-order valence-corrected chi connectivity index (χ1v) is 7.69. The molecule has 2 atom stereocenters. The molecule has 0 aromatic carbocycles. The summed E-state index contributed by atoms with van der Waals surface area (Å²) < 4.78 is 2.03. The van der Waals surface area contributed by atoms with Gasteiger partial charge in [0.25, 0.3) is 0 Å². The SMILES string of the molecule is CN(c1nc(N)nc2c1ncn2[C@@H]1C=C[C@H](CO)C1)C1CC1. The minimum atomic E-state index is 0.163. The summed E-state index contributed by atoms with van der Waals surface area (Å²) in [7, 11) is 2.04. The van der Waals surface area contributed by atoms with E-state index in [0.29, 0.717) is 6.04 Å². The van der Waals surface area contributed by atoms with Crippen LogP contribution in [0.3, 0.4) is 0 Å². The molecule has 2 aliphatic carbocycles. The van der Waals surface area contributed by atoms with Gasteiger partial charge in [-0.3, -0.25) is 0 Å². The second-order valence-electron chi connectivity index (χ2n) is 6.20. The van der Waals surface area contributed by atoms with Crippen LogP contribution in [0.5, 0.6) is 0 Å². The molecule has 2 aromatic rings. The molecule has 2 heterocycles. The summed E-state index contributed by atoms with van der Waals surface area (Å²) in [6.45, 7) is 0.173. The topological polar surface area (TPSA) is 93.1 Å². The van der Waals surface area contributed by atoms with Crippen LogP contribution in [0, 0.1) is 5.92 Å². The quantitative estimate of drug-likeness (QED) is 0.822. The van der Waals surface area contributed by atoms with Gasteiger partial charge in [0.1, 0.15) is 0 Å². The third kappa shape index (κ3) is 2.12. The standard InChI is InChI=1S/C15H20N6O/c1-20(10-4-5-10)13-12-14(19-15(16)18-13)21(8-17-12)11-3-2-9(6-11)7-22/h2-3,8-11,22H,4-7H2,1H3,(H2,16,18,19)/t9-,11+/m0/s1. The zero-order chi connectivity index (χ0) is 15.3. The number of nitrogen functional groups attached to an aromatic ring is 1. The zero-order valence-electron chi connectivity index (χ0n) is 12.6. The number of aliphatic hydroxyl groups is 1. The van der Waals surface area contributed by atoms with Crippen LogP contribution < -0.4 is 10.6 Å². The number of imidazole rings is 1. The Hall–Kier alpha value is -2.15. The highest BCUT2D eigenvalue weighted by atomic mass is 16.3. The fourth-order valence-corrected chi connectivity index (χ4v) is 3.14. The number of nitrogens with two attached hydrogens (primary N) is 1. The van der Waals surface area contributed by atoms with Gasteiger partial charge in [0.2, 0.25) is 5.95 Å². The van der Waals surface area contributed by atoms with Crippen molar-refractivity contribution in [2.75, 3.05) is 24.3 Å². The third-order valence-corrected chi connectivity index (χ3v) is 4.59. The molecule has 0 radical (unpaired) electrons. The second kappa shape index (κ2) is 4.95. The van der Waals surface area contributed by atoms with Gasteiger partial charge in [-0.15, -0.1) is 0 Å². The second-order valence-corrected chi connectivity index (χ2v) is 6.20. The summed E-state index contributed by atoms with van der Waals surface area (Å²) in [5.74, 6) is 1.29. The molecular weight excluding hydrogens is 280 g/mol. The van der Waals surface area contributed by atoms with Gasteiger partial charge in [-0.2, -0.15) is 9.97 Å². The van der Waals surface area contributed by atoms with Gasteiger partial charge >= 0.3 is 0 Å². The molecule has 1 saturated carbocycles. The number of hydrogen-bond donors (Lipinski definition) is 2. The molecule has 0 amide bonds. The molecule has 0 bridgehead atoms. The summed E-state index contributed by atoms with van der Waals surface area (Å²) in [5.41, 5.74) is 7.48. The van der Waals surface area contributed by atoms with E-state index in [2.05, 4.69) is 32.0 Å². The maximum absolute atomic E-state index is 9.30. The zero-order valence-corrected chi connectivity index (χ0v) is 12.6. The van der Waals surface area contributed by atoms with Crippen molar-refractivity contribution in [3.8, 4) is 0 Å². The molecule has 7 heteroatoms. The molecule has 0 aliphatic heterocycles. The molecule has 0 unspecified atom stereocenters. The van der Waals surface area contributed by atoms with Gasteiger partial charge in [0.05, 0.1) is 12.4 Å². The number of aromatic nitrogens is 4. The van der Waals surface area contributed by atoms with Crippen LogP contribution >= 0.6 is 0 Å². The first-order chi connectivity index (χ1) is 10.7. The van der Waals surface area contributed by atoms with Gasteiger partial charge in [-0.1, -0.05) is 12.2 Å². The van der Waals surface area contributed by atoms with Crippen molar-refractivity contribution in [2.45, 2.75) is 31.3 Å². The Morgan fingerprint density at radius 3 is 2.86 bits per heavy atom. The molecule has 0 saturated heterocycles. The molecule has 1 fully saturated rings. The van der Waals surface area contributed by atoms with Crippen LogP contribution in [0.4, 0.5) is 11.8 Å². The lowest BCUT2D eigenvalue weighted by atomic mass is 10.1. The smallest absolute Gasteiger partial charge is 0.224 e. The van der Waals surface area contributed by atoms with Crippen LogP contribution in [-0.4, -0.2) is 44.3 Å². The van der Waals surface area contributed by atoms with E-state index in [9.17, 15) is 5.11 Å². The molecule has 2 aromatic heterocycles. The Kier molecular flexibility index (Phi) is 3.04. The summed E-state index contributed by atoms with van der Waals surface area (Å²) in [6.07, 6.45) is 9.19. The predicted octanol–water partition coefficient (Wildman–Crippen LogP) is 1.12. The fraction of sp³-hybridized carbons (Fsp3) is 0.533. The number of aliphatic hydroxyl groups excluding tert-OH is 1. The maximum Gasteiger partial charge on any atom is 0.224 e. The maximum atomic E-state index is 9.30. The molecule has 4 rings (SSSR count). The Morgan fingerprint density at radius 2 is 2.18 bits per heavy atom. The average Bonchev–Trinajstić information content (AvgIpc) is 3.11. The summed E-state index contributed by atoms with van der Waals surface area (Å²) in [5, 5.41) is 9.30. The Balaban J connectivity index is 1.77. The van der Waals surface area contributed by atoms with E-state index in [0.717, 1.165) is 23.4 Å². The number of anilines is 2. The van der Waals surface area contributed by atoms with Crippen LogP contribution in [0.1, 0.15) is 25.3 Å². The molecule has 116 valence electrons. The Labute approximate surface area is 128 Å². The lowest BCUT2D eigenvalue weighted by molar-refractivity contribution is 0.244. The van der Waals surface area contributed by atoms with Gasteiger partial charge in [-0.25, -0.2) is 4.98 Å². The minimum absolute atomic E-state index is 0.163. The van der Waals surface area contributed by atoms with E-state index in [1.54, 1.807) is 6.33 Å². The number of fused-ring (bicyclic) bond motifs is 1. The van der Waals surface area contributed by atoms with Crippen molar-refractivity contribution < 1.29 is 5.11 Å². The van der Waals surface area contributed by atoms with Crippen molar-refractivity contribution in [1.29, 1.82) is 0 Å². The average molecular weight is 300 g/mol. The minimum Gasteiger partial charge on any atom is -0.396 e. The monoisotopic (exact) mass is 300 g/mol. The molecule has 2 aliphatic rings. The van der Waals surface area contributed by atoms with E-state index in [1.165, 1.54) is 12.8 Å². The molecular formula is C15H20N6O. The number of hydrogen-bond acceptors (Lipinski definition) is 6. The largest absolute Gasteiger partial charge is 0.396 e. The van der Waals surface area contributed by atoms with Gasteiger partial charge in [0.15, 0.2) is 17.0 Å². The highest BCUT2D eigenvalue weighted by Gasteiger charge is 2.30. The summed E-state index contributed by atoms with van der Waals surface area (Å²) >= 11 is 0. The van der Waals surface area contributed by atoms with Crippen molar-refractivity contribution in [3.05, 3.63) is 18.5 Å². The summed E-state index contributed by atoms with van der Waals surface area (Å²) in [4.78, 5) is 15.5. The van der Waals surface area contributed by atoms with Crippen LogP contribution in [0.2, 0.25) is 0 Å². The van der Waals surface area contributed by atoms with Crippen LogP contribution in [0.25, 0.3) is 11.2 Å². The normalized spacial score (nSPS) is 24.3. The molecule has 7 nitrogen and oxygen atoms in total. The van der Waals surface area contributed by atoms with Crippen molar-refractivity contribution in [3.63, 3.8) is 0 Å². The molecule has 22 heavy (non-hydrogen) atoms. The van der Waals surface area contributed by atoms with Crippen molar-refractivity contribution >= 4 is 22.9 Å².